The van der Waals surface area contributed by atoms with Crippen molar-refractivity contribution in [2.45, 2.75) is 129 Å². The van der Waals surface area contributed by atoms with Crippen molar-refractivity contribution in [1.82, 2.24) is 121 Å². The fraction of sp³-hybridized carbons (Fsp3) is 0.330. The van der Waals surface area contributed by atoms with Crippen molar-refractivity contribution >= 4 is 67.4 Å². The Morgan fingerprint density at radius 3 is 1.30 bits per heavy atom. The molecule has 16 aromatic heterocycles. The van der Waals surface area contributed by atoms with E-state index in [1.54, 1.807) is 89.6 Å². The summed E-state index contributed by atoms with van der Waals surface area (Å²) in [5, 5.41) is 24.0. The zero-order valence-corrected chi connectivity index (χ0v) is 81.4. The topological polar surface area (TPSA) is 355 Å². The molecule has 0 amide bonds. The first-order chi connectivity index (χ1) is 69.3. The van der Waals surface area contributed by atoms with Crippen molar-refractivity contribution in [3.05, 3.63) is 298 Å². The van der Waals surface area contributed by atoms with Crippen LogP contribution in [-0.4, -0.2) is 242 Å². The Labute approximate surface area is 819 Å². The van der Waals surface area contributed by atoms with Crippen molar-refractivity contribution in [3.63, 3.8) is 0 Å². The highest BCUT2D eigenvalue weighted by Gasteiger charge is 2.44. The quantitative estimate of drug-likeness (QED) is 0.0910. The highest BCUT2D eigenvalue weighted by atomic mass is 19.1. The van der Waals surface area contributed by atoms with Crippen LogP contribution in [0.3, 0.4) is 0 Å². The van der Waals surface area contributed by atoms with Gasteiger partial charge in [0.25, 0.3) is 27.8 Å². The van der Waals surface area contributed by atoms with Crippen LogP contribution in [0.2, 0.25) is 0 Å². The van der Waals surface area contributed by atoms with Gasteiger partial charge in [-0.05, 0) is 227 Å². The van der Waals surface area contributed by atoms with Gasteiger partial charge in [-0.2, -0.15) is 15.3 Å². The molecule has 26 rings (SSSR count). The minimum Gasteiger partial charge on any atom is -0.494 e. The van der Waals surface area contributed by atoms with E-state index in [4.69, 9.17) is 29.2 Å². The minimum atomic E-state index is -0.478. The van der Waals surface area contributed by atoms with Crippen molar-refractivity contribution in [1.29, 1.82) is 0 Å². The summed E-state index contributed by atoms with van der Waals surface area (Å²) in [6.45, 7) is 25.0. The van der Waals surface area contributed by atoms with Crippen molar-refractivity contribution in [2.75, 3.05) is 115 Å². The zero-order valence-electron chi connectivity index (χ0n) is 81.4. The first-order valence-corrected chi connectivity index (χ1v) is 48.6. The number of piperidine rings is 1. The number of ether oxygens (including phenoxy) is 3. The van der Waals surface area contributed by atoms with Gasteiger partial charge in [0.15, 0.2) is 28.7 Å². The molecule has 24 heterocycles. The number of nitrogens with one attached hydrogen (secondary N) is 3. The van der Waals surface area contributed by atoms with E-state index in [1.165, 1.54) is 55.0 Å². The molecule has 8 aliphatic rings. The predicted molar refractivity (Wildman–Crippen MR) is 547 cm³/mol. The third-order valence-electron chi connectivity index (χ3n) is 28.9. The molecule has 36 nitrogen and oxygen atoms in total. The van der Waals surface area contributed by atoms with Crippen LogP contribution in [0.25, 0.3) is 107 Å². The number of hydrogen-bond donors (Lipinski definition) is 3. The standard InChI is InChI=1S/C23H25N7O.C22H23N7O.C21H21N7O.C20H20FN3O2.C20H20N4O3/c1-4-27-11-18-7-17(27)13-28(18)16-5-6-22-25-19(9-23(31)29(22)12-16)20-8-21-15(3)24-14(2)10-30(21)26-20;1-13-9-29-20(14(2)23-13)7-19(25-29)18-8-22(30)28-11-15(4-5-21(28)24-18)27-12-16-6-17(27)10-26(16)3;1-12-9-28-19(13(2)23-12)6-18(25-28)17-7-21(29)27-11-15(3-4-20(27)24-17)26-10-14-5-16(26)8-22-14;1-26-18-4-2-14(10-16(18)21)17-11-20(25)24-12-15(3-5-19(24)23-17)13-6-8-22-9-7-13;1-26-17-4-3-14(9-18(17)27-2)15-10-20(25)24-12-16(22-11-19(24)23-15)13-5-7-21-8-6-13/h5-6,8-10,12,17-18H,4,7,11,13H2,1-3H3;4-5,7-9,11,16-17H,6,10,12H2,1-3H3;3-4,6-7,9,11,14,16,22H,5,8,10H2,1-2H3;2-5,10-13,22H,6-9H2,1H3;3-5,9-12,21H,6-8H2,1-2H3/t17-,18-;16-,17-;14-,16-;;/m000../s1. The Kier molecular flexibility index (Phi) is 24.6. The second kappa shape index (κ2) is 38.0. The number of halogens is 1. The number of pyridine rings is 4. The number of likely N-dealkylation sites (N-methyl/N-ethyl adjacent to an activating group) is 2. The fourth-order valence-electron chi connectivity index (χ4n) is 21.6. The third-order valence-corrected chi connectivity index (χ3v) is 28.9. The number of likely N-dealkylation sites (tertiary alicyclic amines) is 2. The molecule has 0 saturated carbocycles. The predicted octanol–water partition coefficient (Wildman–Crippen LogP) is 10.9. The second-order valence-corrected chi connectivity index (χ2v) is 38.1. The van der Waals surface area contributed by atoms with Gasteiger partial charge in [-0.15, -0.1) is 0 Å². The largest absolute Gasteiger partial charge is 0.494 e. The van der Waals surface area contributed by atoms with Gasteiger partial charge in [0.2, 0.25) is 0 Å². The molecule has 18 aromatic rings. The maximum absolute atomic E-state index is 14.0. The second-order valence-electron chi connectivity index (χ2n) is 38.1. The number of fused-ring (bicyclic) bond motifs is 14. The summed E-state index contributed by atoms with van der Waals surface area (Å²) in [7, 11) is 6.76. The molecule has 2 aromatic carbocycles. The van der Waals surface area contributed by atoms with Gasteiger partial charge >= 0.3 is 0 Å². The molecule has 7 saturated heterocycles. The lowest BCUT2D eigenvalue weighted by Crippen LogP contribution is -2.46. The van der Waals surface area contributed by atoms with Crippen LogP contribution in [0.5, 0.6) is 17.2 Å². The number of hydrogen-bond acceptors (Lipinski definition) is 28. The van der Waals surface area contributed by atoms with E-state index >= 15 is 0 Å². The van der Waals surface area contributed by atoms with Gasteiger partial charge in [0.1, 0.15) is 39.7 Å². The molecule has 0 radical (unpaired) electrons. The monoisotopic (exact) mass is 1920 g/mol. The summed E-state index contributed by atoms with van der Waals surface area (Å²) >= 11 is 0. The van der Waals surface area contributed by atoms with Crippen LogP contribution < -0.4 is 72.7 Å². The lowest BCUT2D eigenvalue weighted by atomic mass is 9.91. The van der Waals surface area contributed by atoms with E-state index in [0.29, 0.717) is 133 Å². The highest BCUT2D eigenvalue weighted by Crippen LogP contribution is 2.39. The third kappa shape index (κ3) is 18.1. The molecule has 728 valence electrons. The summed E-state index contributed by atoms with van der Waals surface area (Å²) in [5.74, 6) is 1.36. The molecule has 0 spiro atoms. The average Bonchev–Trinajstić information content (AvgIpc) is 1.63. The number of rotatable bonds is 14. The Morgan fingerprint density at radius 2 is 0.853 bits per heavy atom. The van der Waals surface area contributed by atoms with Crippen LogP contribution in [0.1, 0.15) is 96.8 Å². The lowest BCUT2D eigenvalue weighted by molar-refractivity contribution is 0.251. The number of nitrogens with zero attached hydrogens (tertiary/aromatic N) is 25. The molecule has 0 aliphatic carbocycles. The molecule has 7 fully saturated rings. The maximum Gasteiger partial charge on any atom is 0.258 e. The van der Waals surface area contributed by atoms with Gasteiger partial charge in [-0.1, -0.05) is 19.1 Å². The van der Waals surface area contributed by atoms with E-state index < -0.39 is 5.82 Å². The highest BCUT2D eigenvalue weighted by molar-refractivity contribution is 5.73. The van der Waals surface area contributed by atoms with Gasteiger partial charge in [0.05, 0.1) is 148 Å². The van der Waals surface area contributed by atoms with Crippen molar-refractivity contribution in [2.24, 2.45) is 0 Å². The molecular formula is C106H109FN28O8. The number of anilines is 3. The Bertz CT molecular complexity index is 8450. The van der Waals surface area contributed by atoms with Crippen molar-refractivity contribution < 1.29 is 18.6 Å². The molecule has 8 aliphatic heterocycles. The van der Waals surface area contributed by atoms with Crippen LogP contribution >= 0.6 is 0 Å². The normalized spacial score (nSPS) is 18.7. The number of aryl methyl sites for hydroxylation is 6. The van der Waals surface area contributed by atoms with Gasteiger partial charge in [-0.3, -0.25) is 75.7 Å². The van der Waals surface area contributed by atoms with Crippen molar-refractivity contribution in [3.8, 4) is 73.9 Å². The van der Waals surface area contributed by atoms with Crippen LogP contribution in [-0.2, 0) is 0 Å². The molecule has 6 bridgehead atoms. The van der Waals surface area contributed by atoms with E-state index in [-0.39, 0.29) is 33.5 Å². The summed E-state index contributed by atoms with van der Waals surface area (Å²) in [6.07, 6.45) is 25.4. The summed E-state index contributed by atoms with van der Waals surface area (Å²) in [4.78, 5) is 118. The van der Waals surface area contributed by atoms with E-state index in [2.05, 4.69) is 124 Å². The zero-order chi connectivity index (χ0) is 98.4. The molecule has 37 heteroatoms. The summed E-state index contributed by atoms with van der Waals surface area (Å²) < 4.78 is 42.9. The molecule has 3 N–H and O–H groups in total. The first-order valence-electron chi connectivity index (χ1n) is 48.6. The summed E-state index contributed by atoms with van der Waals surface area (Å²) in [5.41, 5.74) is 23.0. The van der Waals surface area contributed by atoms with Crippen LogP contribution in [0.15, 0.2) is 219 Å². The van der Waals surface area contributed by atoms with Gasteiger partial charge in [0, 0.05) is 155 Å². The average molecular weight is 1920 g/mol. The Hall–Kier alpha value is -15.7. The number of benzene rings is 2. The smallest absolute Gasteiger partial charge is 0.258 e. The lowest BCUT2D eigenvalue weighted by Gasteiger charge is -2.35. The maximum atomic E-state index is 14.0. The van der Waals surface area contributed by atoms with E-state index in [1.807, 2.05) is 144 Å². The SMILES string of the molecule is CCN1C[C@@H]2C[C@H]1CN2c1ccc2nc(-c3cc4c(C)nc(C)cn4n3)cc(=O)n2c1.COc1ccc(-c2cc(=O)n3cc(C4=CCNCC4)ncc3n2)cc1OC.COc1ccc(-c2cc(=O)n3cc(C4CCNCC4)ccc3n2)cc1F.Cc1cn2nc(-c3cc(=O)n4cc(N5C[C@@H]6C[C@H]5CN6)ccc4n3)cc2c(C)n1.Cc1cn2nc(-c3cc(=O)n4cc(N5C[C@@H]6C[C@H]5CN6C)ccc4n3)cc2c(C)n1. The van der Waals surface area contributed by atoms with E-state index in [0.717, 1.165) is 181 Å². The molecule has 143 heavy (non-hydrogen) atoms. The number of aromatic nitrogens is 20. The van der Waals surface area contributed by atoms with Gasteiger partial charge < -0.3 is 44.9 Å². The van der Waals surface area contributed by atoms with Gasteiger partial charge in [-0.25, -0.2) is 42.9 Å². The number of piperazine rings is 3. The van der Waals surface area contributed by atoms with Crippen LogP contribution in [0, 0.1) is 47.4 Å². The fourth-order valence-corrected chi connectivity index (χ4v) is 21.6. The molecular weight excluding hydrogens is 1810 g/mol. The minimum absolute atomic E-state index is 0.0931. The Balaban J connectivity index is 0.000000102. The Morgan fingerprint density at radius 1 is 0.399 bits per heavy atom. The summed E-state index contributed by atoms with van der Waals surface area (Å²) in [6, 6.07) is 42.8. The first kappa shape index (κ1) is 92.3. The molecule has 0 unspecified atom stereocenters. The van der Waals surface area contributed by atoms with Crippen LogP contribution in [0.4, 0.5) is 21.5 Å². The van der Waals surface area contributed by atoms with E-state index in [9.17, 15) is 28.4 Å². The molecule has 6 atom stereocenters. The number of methoxy groups -OCH3 is 3.